The van der Waals surface area contributed by atoms with Gasteiger partial charge in [0, 0.05) is 31.4 Å². The van der Waals surface area contributed by atoms with Gasteiger partial charge in [0.25, 0.3) is 0 Å². The van der Waals surface area contributed by atoms with Gasteiger partial charge in [0.15, 0.2) is 0 Å². The molecule has 0 bridgehead atoms. The zero-order valence-corrected chi connectivity index (χ0v) is 10.9. The number of hydrazine groups is 1. The summed E-state index contributed by atoms with van der Waals surface area (Å²) in [5, 5.41) is 2.61. The standard InChI is InChI=1S/C10H15N5O3S/c11-14-8-3-4-12-6-9(8)19(17,18)15-7-1-2-10(16)13-5-7/h3-4,6-7,15H,1-2,5,11H2,(H,12,14)(H,13,16). The number of pyridine rings is 1. The van der Waals surface area contributed by atoms with E-state index in [1.54, 1.807) is 0 Å². The maximum atomic E-state index is 12.2. The maximum absolute atomic E-state index is 12.2. The quantitative estimate of drug-likeness (QED) is 0.412. The molecule has 1 aliphatic heterocycles. The fraction of sp³-hybridized carbons (Fsp3) is 0.400. The number of nitrogens with two attached hydrogens (primary N) is 1. The smallest absolute Gasteiger partial charge is 0.244 e. The van der Waals surface area contributed by atoms with Crippen molar-refractivity contribution in [3.05, 3.63) is 18.5 Å². The molecule has 2 rings (SSSR count). The van der Waals surface area contributed by atoms with Crippen LogP contribution in [0.25, 0.3) is 0 Å². The molecule has 1 aromatic rings. The molecule has 1 amide bonds. The monoisotopic (exact) mass is 285 g/mol. The summed E-state index contributed by atoms with van der Waals surface area (Å²) in [7, 11) is -3.73. The number of nitrogen functional groups attached to an aromatic ring is 1. The van der Waals surface area contributed by atoms with Gasteiger partial charge in [-0.1, -0.05) is 0 Å². The van der Waals surface area contributed by atoms with Crippen molar-refractivity contribution in [1.82, 2.24) is 15.0 Å². The molecule has 1 unspecified atom stereocenters. The van der Waals surface area contributed by atoms with Crippen LogP contribution in [0.3, 0.4) is 0 Å². The Morgan fingerprint density at radius 2 is 2.26 bits per heavy atom. The van der Waals surface area contributed by atoms with E-state index in [4.69, 9.17) is 5.84 Å². The minimum atomic E-state index is -3.73. The predicted molar refractivity (Wildman–Crippen MR) is 68.4 cm³/mol. The first-order valence-corrected chi connectivity index (χ1v) is 7.21. The second-order valence-electron chi connectivity index (χ2n) is 4.18. The lowest BCUT2D eigenvalue weighted by Crippen LogP contribution is -2.47. The third-order valence-electron chi connectivity index (χ3n) is 2.82. The SMILES string of the molecule is NNc1ccncc1S(=O)(=O)NC1CCC(=O)NC1. The zero-order chi connectivity index (χ0) is 13.9. The predicted octanol–water partition coefficient (Wildman–Crippen LogP) is -1.08. The van der Waals surface area contributed by atoms with Gasteiger partial charge in [-0.05, 0) is 12.5 Å². The lowest BCUT2D eigenvalue weighted by molar-refractivity contribution is -0.122. The molecule has 1 aliphatic rings. The highest BCUT2D eigenvalue weighted by Gasteiger charge is 2.25. The first-order valence-electron chi connectivity index (χ1n) is 5.72. The van der Waals surface area contributed by atoms with Gasteiger partial charge in [-0.2, -0.15) is 0 Å². The van der Waals surface area contributed by atoms with Crippen molar-refractivity contribution in [2.75, 3.05) is 12.0 Å². The van der Waals surface area contributed by atoms with Crippen LogP contribution in [0.1, 0.15) is 12.8 Å². The molecular weight excluding hydrogens is 270 g/mol. The number of hydrogen-bond donors (Lipinski definition) is 4. The topological polar surface area (TPSA) is 126 Å². The largest absolute Gasteiger partial charge is 0.355 e. The van der Waals surface area contributed by atoms with Crippen LogP contribution in [0.4, 0.5) is 5.69 Å². The van der Waals surface area contributed by atoms with E-state index in [9.17, 15) is 13.2 Å². The van der Waals surface area contributed by atoms with Crippen molar-refractivity contribution in [2.45, 2.75) is 23.8 Å². The Hall–Kier alpha value is -1.71. The highest BCUT2D eigenvalue weighted by atomic mass is 32.2. The third kappa shape index (κ3) is 3.19. The number of anilines is 1. The Labute approximate surface area is 110 Å². The van der Waals surface area contributed by atoms with Crippen molar-refractivity contribution < 1.29 is 13.2 Å². The van der Waals surface area contributed by atoms with Crippen LogP contribution >= 0.6 is 0 Å². The van der Waals surface area contributed by atoms with Crippen LogP contribution in [0.5, 0.6) is 0 Å². The molecule has 5 N–H and O–H groups in total. The lowest BCUT2D eigenvalue weighted by Gasteiger charge is -2.23. The average Bonchev–Trinajstić information content (AvgIpc) is 2.41. The number of carbonyl (C=O) groups excluding carboxylic acids is 1. The van der Waals surface area contributed by atoms with E-state index in [0.717, 1.165) is 0 Å². The van der Waals surface area contributed by atoms with Gasteiger partial charge >= 0.3 is 0 Å². The Morgan fingerprint density at radius 3 is 2.89 bits per heavy atom. The highest BCUT2D eigenvalue weighted by Crippen LogP contribution is 2.19. The van der Waals surface area contributed by atoms with Gasteiger partial charge < -0.3 is 10.7 Å². The number of rotatable bonds is 4. The second kappa shape index (κ2) is 5.51. The van der Waals surface area contributed by atoms with Crippen LogP contribution < -0.4 is 21.3 Å². The van der Waals surface area contributed by atoms with E-state index >= 15 is 0 Å². The van der Waals surface area contributed by atoms with Crippen LogP contribution in [-0.4, -0.2) is 31.9 Å². The number of aromatic nitrogens is 1. The van der Waals surface area contributed by atoms with Crippen molar-refractivity contribution in [1.29, 1.82) is 0 Å². The normalized spacial score (nSPS) is 19.8. The van der Waals surface area contributed by atoms with E-state index in [1.807, 2.05) is 0 Å². The van der Waals surface area contributed by atoms with Crippen LogP contribution in [0.15, 0.2) is 23.4 Å². The number of hydrogen-bond acceptors (Lipinski definition) is 6. The molecule has 8 nitrogen and oxygen atoms in total. The summed E-state index contributed by atoms with van der Waals surface area (Å²) in [4.78, 5) is 14.8. The number of nitrogens with one attached hydrogen (secondary N) is 3. The number of amides is 1. The summed E-state index contributed by atoms with van der Waals surface area (Å²) < 4.78 is 26.9. The molecule has 9 heteroatoms. The molecule has 1 aromatic heterocycles. The fourth-order valence-corrected chi connectivity index (χ4v) is 3.21. The van der Waals surface area contributed by atoms with Crippen LogP contribution in [0.2, 0.25) is 0 Å². The second-order valence-corrected chi connectivity index (χ2v) is 5.86. The molecule has 19 heavy (non-hydrogen) atoms. The summed E-state index contributed by atoms with van der Waals surface area (Å²) in [6.07, 6.45) is 3.44. The van der Waals surface area contributed by atoms with Gasteiger partial charge in [0.05, 0.1) is 5.69 Å². The van der Waals surface area contributed by atoms with Crippen LogP contribution in [0, 0.1) is 0 Å². The van der Waals surface area contributed by atoms with Gasteiger partial charge in [-0.3, -0.25) is 15.6 Å². The van der Waals surface area contributed by atoms with E-state index < -0.39 is 10.0 Å². The van der Waals surface area contributed by atoms with Crippen molar-refractivity contribution >= 4 is 21.6 Å². The molecule has 104 valence electrons. The molecule has 0 spiro atoms. The number of sulfonamides is 1. The van der Waals surface area contributed by atoms with E-state index in [1.165, 1.54) is 18.5 Å². The third-order valence-corrected chi connectivity index (χ3v) is 4.36. The Balaban J connectivity index is 2.16. The summed E-state index contributed by atoms with van der Waals surface area (Å²) >= 11 is 0. The fourth-order valence-electron chi connectivity index (χ4n) is 1.83. The maximum Gasteiger partial charge on any atom is 0.244 e. The average molecular weight is 285 g/mol. The highest BCUT2D eigenvalue weighted by molar-refractivity contribution is 7.89. The molecule has 0 radical (unpaired) electrons. The van der Waals surface area contributed by atoms with E-state index in [2.05, 4.69) is 20.4 Å². The molecule has 1 saturated heterocycles. The van der Waals surface area contributed by atoms with Gasteiger partial charge in [0.2, 0.25) is 15.9 Å². The van der Waals surface area contributed by atoms with Gasteiger partial charge in [-0.15, -0.1) is 0 Å². The first-order chi connectivity index (χ1) is 9.03. The zero-order valence-electron chi connectivity index (χ0n) is 10.1. The minimum absolute atomic E-state index is 0.0191. The summed E-state index contributed by atoms with van der Waals surface area (Å²) in [5.74, 6) is 5.20. The summed E-state index contributed by atoms with van der Waals surface area (Å²) in [6.45, 7) is 0.281. The Kier molecular flexibility index (Phi) is 3.98. The van der Waals surface area contributed by atoms with Crippen molar-refractivity contribution in [3.8, 4) is 0 Å². The van der Waals surface area contributed by atoms with Crippen LogP contribution in [-0.2, 0) is 14.8 Å². The van der Waals surface area contributed by atoms with Gasteiger partial charge in [0.1, 0.15) is 4.90 Å². The molecular formula is C10H15N5O3S. The number of carbonyl (C=O) groups is 1. The molecule has 0 aliphatic carbocycles. The molecule has 1 atom stereocenters. The van der Waals surface area contributed by atoms with E-state index in [-0.39, 0.29) is 29.1 Å². The lowest BCUT2D eigenvalue weighted by atomic mass is 10.1. The minimum Gasteiger partial charge on any atom is -0.355 e. The Morgan fingerprint density at radius 1 is 1.47 bits per heavy atom. The summed E-state index contributed by atoms with van der Waals surface area (Å²) in [5.41, 5.74) is 2.58. The number of piperidine rings is 1. The van der Waals surface area contributed by atoms with Crippen molar-refractivity contribution in [3.63, 3.8) is 0 Å². The molecule has 0 aromatic carbocycles. The first kappa shape index (κ1) is 13.7. The molecule has 0 saturated carbocycles. The van der Waals surface area contributed by atoms with Crippen molar-refractivity contribution in [2.24, 2.45) is 5.84 Å². The number of nitrogens with zero attached hydrogens (tertiary/aromatic N) is 1. The summed E-state index contributed by atoms with van der Waals surface area (Å²) in [6, 6.07) is 1.14. The molecule has 2 heterocycles. The molecule has 1 fully saturated rings. The Bertz CT molecular complexity index is 564. The van der Waals surface area contributed by atoms with Gasteiger partial charge in [-0.25, -0.2) is 13.1 Å². The van der Waals surface area contributed by atoms with E-state index in [0.29, 0.717) is 12.8 Å².